The van der Waals surface area contributed by atoms with E-state index in [2.05, 4.69) is 169 Å². The van der Waals surface area contributed by atoms with Gasteiger partial charge in [0, 0.05) is 56.8 Å². The lowest BCUT2D eigenvalue weighted by Crippen LogP contribution is -2.10. The van der Waals surface area contributed by atoms with Gasteiger partial charge in [0.05, 0.1) is 16.8 Å². The number of nitrogens with zero attached hydrogens (tertiary/aromatic N) is 1. The molecule has 0 aliphatic heterocycles. The molecular formula is C46H27NOS2. The lowest BCUT2D eigenvalue weighted by atomic mass is 9.98. The molecule has 0 amide bonds. The maximum Gasteiger partial charge on any atom is 0.143 e. The highest BCUT2D eigenvalue weighted by molar-refractivity contribution is 7.26. The normalized spacial score (nSPS) is 12.0. The van der Waals surface area contributed by atoms with Gasteiger partial charge in [0.2, 0.25) is 0 Å². The molecule has 0 saturated carbocycles. The average Bonchev–Trinajstić information content (AvgIpc) is 3.87. The first kappa shape index (κ1) is 28.0. The number of anilines is 3. The predicted molar refractivity (Wildman–Crippen MR) is 217 cm³/mol. The SMILES string of the molecule is c1ccc2c(c1)ccc1c2oc2cccc(N(c3ccc(-c4cccc5sc6ccccc6c45)cc3)c3cccc4sc5ccccc5c34)c21. The van der Waals surface area contributed by atoms with Crippen LogP contribution in [0.5, 0.6) is 0 Å². The maximum atomic E-state index is 6.69. The zero-order valence-electron chi connectivity index (χ0n) is 26.8. The van der Waals surface area contributed by atoms with E-state index in [-0.39, 0.29) is 0 Å². The summed E-state index contributed by atoms with van der Waals surface area (Å²) in [7, 11) is 0. The minimum absolute atomic E-state index is 0.883. The Bertz CT molecular complexity index is 3110. The Morgan fingerprint density at radius 2 is 1.00 bits per heavy atom. The third-order valence-electron chi connectivity index (χ3n) is 10.1. The van der Waals surface area contributed by atoms with Gasteiger partial charge in [0.1, 0.15) is 11.2 Å². The summed E-state index contributed by atoms with van der Waals surface area (Å²) in [6.07, 6.45) is 0. The molecule has 0 fully saturated rings. The summed E-state index contributed by atoms with van der Waals surface area (Å²) in [5, 5.41) is 9.72. The van der Waals surface area contributed by atoms with Crippen LogP contribution in [0, 0.1) is 0 Å². The molecule has 11 rings (SSSR count). The summed E-state index contributed by atoms with van der Waals surface area (Å²) in [6, 6.07) is 59.4. The Hall–Kier alpha value is -5.94. The molecule has 0 bridgehead atoms. The lowest BCUT2D eigenvalue weighted by molar-refractivity contribution is 0.672. The molecule has 0 spiro atoms. The van der Waals surface area contributed by atoms with Crippen molar-refractivity contribution in [2.75, 3.05) is 4.90 Å². The second-order valence-electron chi connectivity index (χ2n) is 12.8. The Morgan fingerprint density at radius 3 is 1.78 bits per heavy atom. The number of hydrogen-bond acceptors (Lipinski definition) is 4. The average molecular weight is 674 g/mol. The Balaban J connectivity index is 1.18. The monoisotopic (exact) mass is 673 g/mol. The minimum atomic E-state index is 0.883. The van der Waals surface area contributed by atoms with Crippen LogP contribution in [-0.2, 0) is 0 Å². The van der Waals surface area contributed by atoms with Crippen LogP contribution in [0.25, 0.3) is 84.2 Å². The van der Waals surface area contributed by atoms with Crippen LogP contribution in [0.2, 0.25) is 0 Å². The van der Waals surface area contributed by atoms with Crippen molar-refractivity contribution in [1.82, 2.24) is 0 Å². The van der Waals surface area contributed by atoms with E-state index in [0.29, 0.717) is 0 Å². The van der Waals surface area contributed by atoms with Crippen molar-refractivity contribution in [3.8, 4) is 11.1 Å². The summed E-state index contributed by atoms with van der Waals surface area (Å²) in [5.41, 5.74) is 7.63. The highest BCUT2D eigenvalue weighted by Gasteiger charge is 2.23. The van der Waals surface area contributed by atoms with E-state index in [1.165, 1.54) is 56.9 Å². The van der Waals surface area contributed by atoms with Gasteiger partial charge in [-0.2, -0.15) is 0 Å². The molecule has 8 aromatic carbocycles. The molecule has 0 N–H and O–H groups in total. The third-order valence-corrected chi connectivity index (χ3v) is 12.3. The van der Waals surface area contributed by atoms with E-state index in [1.807, 2.05) is 22.7 Å². The van der Waals surface area contributed by atoms with Crippen LogP contribution in [-0.4, -0.2) is 0 Å². The summed E-state index contributed by atoms with van der Waals surface area (Å²) in [4.78, 5) is 2.44. The van der Waals surface area contributed by atoms with Crippen molar-refractivity contribution in [3.05, 3.63) is 164 Å². The Kier molecular flexibility index (Phi) is 6.03. The van der Waals surface area contributed by atoms with E-state index >= 15 is 0 Å². The van der Waals surface area contributed by atoms with Crippen molar-refractivity contribution in [2.24, 2.45) is 0 Å². The number of thiophene rings is 2. The molecule has 234 valence electrons. The van der Waals surface area contributed by atoms with Crippen molar-refractivity contribution in [1.29, 1.82) is 0 Å². The van der Waals surface area contributed by atoms with Crippen LogP contribution in [0.15, 0.2) is 168 Å². The molecule has 0 radical (unpaired) electrons. The van der Waals surface area contributed by atoms with Crippen LogP contribution in [0.4, 0.5) is 17.1 Å². The fourth-order valence-electron chi connectivity index (χ4n) is 7.88. The van der Waals surface area contributed by atoms with Crippen LogP contribution in [0.3, 0.4) is 0 Å². The molecular weight excluding hydrogens is 647 g/mol. The van der Waals surface area contributed by atoms with Crippen LogP contribution in [0.1, 0.15) is 0 Å². The van der Waals surface area contributed by atoms with Crippen LogP contribution < -0.4 is 4.90 Å². The summed E-state index contributed by atoms with van der Waals surface area (Å²) in [6.45, 7) is 0. The number of hydrogen-bond donors (Lipinski definition) is 0. The first-order valence-corrected chi connectivity index (χ1v) is 18.5. The van der Waals surface area contributed by atoms with E-state index < -0.39 is 0 Å². The molecule has 0 unspecified atom stereocenters. The van der Waals surface area contributed by atoms with Gasteiger partial charge in [-0.15, -0.1) is 22.7 Å². The van der Waals surface area contributed by atoms with E-state index in [9.17, 15) is 0 Å². The van der Waals surface area contributed by atoms with Gasteiger partial charge >= 0.3 is 0 Å². The minimum Gasteiger partial charge on any atom is -0.455 e. The molecule has 3 heterocycles. The number of furan rings is 1. The molecule has 3 aromatic heterocycles. The van der Waals surface area contributed by atoms with Crippen molar-refractivity contribution < 1.29 is 4.42 Å². The first-order valence-electron chi connectivity index (χ1n) is 16.8. The second-order valence-corrected chi connectivity index (χ2v) is 15.0. The molecule has 0 aliphatic rings. The molecule has 0 atom stereocenters. The molecule has 2 nitrogen and oxygen atoms in total. The maximum absolute atomic E-state index is 6.69. The van der Waals surface area contributed by atoms with Crippen molar-refractivity contribution in [3.63, 3.8) is 0 Å². The van der Waals surface area contributed by atoms with E-state index in [4.69, 9.17) is 4.42 Å². The van der Waals surface area contributed by atoms with Gasteiger partial charge in [0.25, 0.3) is 0 Å². The number of fused-ring (bicyclic) bond motifs is 11. The molecule has 50 heavy (non-hydrogen) atoms. The molecule has 0 saturated heterocycles. The third kappa shape index (κ3) is 4.07. The Labute approximate surface area is 295 Å². The highest BCUT2D eigenvalue weighted by atomic mass is 32.1. The fraction of sp³-hybridized carbons (Fsp3) is 0. The van der Waals surface area contributed by atoms with Gasteiger partial charge in [-0.25, -0.2) is 0 Å². The van der Waals surface area contributed by atoms with Gasteiger partial charge in [-0.1, -0.05) is 103 Å². The quantitative estimate of drug-likeness (QED) is 0.185. The fourth-order valence-corrected chi connectivity index (χ4v) is 10.1. The highest BCUT2D eigenvalue weighted by Crippen LogP contribution is 2.49. The molecule has 4 heteroatoms. The zero-order valence-corrected chi connectivity index (χ0v) is 28.4. The molecule has 11 aromatic rings. The van der Waals surface area contributed by atoms with Gasteiger partial charge in [-0.3, -0.25) is 0 Å². The van der Waals surface area contributed by atoms with Crippen molar-refractivity contribution >= 4 is 113 Å². The second kappa shape index (κ2) is 10.8. The first-order chi connectivity index (χ1) is 24.8. The molecule has 0 aliphatic carbocycles. The summed E-state index contributed by atoms with van der Waals surface area (Å²) in [5.74, 6) is 0. The summed E-state index contributed by atoms with van der Waals surface area (Å²) >= 11 is 3.71. The van der Waals surface area contributed by atoms with Gasteiger partial charge < -0.3 is 9.32 Å². The number of benzene rings is 8. The Morgan fingerprint density at radius 1 is 0.400 bits per heavy atom. The van der Waals surface area contributed by atoms with Gasteiger partial charge in [0.15, 0.2) is 0 Å². The zero-order chi connectivity index (χ0) is 32.8. The summed E-state index contributed by atoms with van der Waals surface area (Å²) < 4.78 is 11.9. The standard InChI is InChI=1S/C46H27NOS2/c1-2-11-32-28(10-1)24-27-35-44-36(15-8-17-38(44)48-46(32)35)47(37-16-9-21-42-45(37)34-13-4-6-19-40(34)50-42)30-25-22-29(23-26-30)31-14-7-20-41-43(31)33-12-3-5-18-39(33)49-41/h1-27H. The topological polar surface area (TPSA) is 16.4 Å². The number of rotatable bonds is 4. The largest absolute Gasteiger partial charge is 0.455 e. The van der Waals surface area contributed by atoms with E-state index in [1.54, 1.807) is 0 Å². The smallest absolute Gasteiger partial charge is 0.143 e. The van der Waals surface area contributed by atoms with Gasteiger partial charge in [-0.05, 0) is 77.2 Å². The predicted octanol–water partition coefficient (Wildman–Crippen LogP) is 14.6. The lowest BCUT2D eigenvalue weighted by Gasteiger charge is -2.27. The van der Waals surface area contributed by atoms with Crippen molar-refractivity contribution in [2.45, 2.75) is 0 Å². The van der Waals surface area contributed by atoms with E-state index in [0.717, 1.165) is 44.4 Å². The van der Waals surface area contributed by atoms with Crippen LogP contribution >= 0.6 is 22.7 Å².